The van der Waals surface area contributed by atoms with Crippen LogP contribution in [0, 0.1) is 50.7 Å². The third-order valence-electron chi connectivity index (χ3n) is 16.3. The normalized spacial score (nSPS) is 58.8. The van der Waals surface area contributed by atoms with E-state index in [0.717, 1.165) is 51.4 Å². The lowest BCUT2D eigenvalue weighted by atomic mass is 9.41. The second-order valence-electron chi connectivity index (χ2n) is 18.8. The van der Waals surface area contributed by atoms with E-state index < -0.39 is 53.6 Å². The van der Waals surface area contributed by atoms with Crippen LogP contribution in [0.5, 0.6) is 0 Å². The van der Waals surface area contributed by atoms with Gasteiger partial charge in [0.25, 0.3) is 0 Å². The first-order valence-electron chi connectivity index (χ1n) is 18.4. The second kappa shape index (κ2) is 9.93. The molecular formula is C37H58O10. The maximum Gasteiger partial charge on any atom is 0.303 e. The van der Waals surface area contributed by atoms with Crippen LogP contribution < -0.4 is 0 Å². The number of fused-ring (bicyclic) bond motifs is 4. The molecule has 266 valence electrons. The van der Waals surface area contributed by atoms with Gasteiger partial charge in [0, 0.05) is 18.3 Å². The summed E-state index contributed by atoms with van der Waals surface area (Å²) in [6.45, 7) is 16.8. The molecule has 0 aromatic carbocycles. The summed E-state index contributed by atoms with van der Waals surface area (Å²) in [7, 11) is 0. The van der Waals surface area contributed by atoms with E-state index in [0.29, 0.717) is 11.8 Å². The fourth-order valence-electron chi connectivity index (χ4n) is 14.4. The molecule has 10 heteroatoms. The van der Waals surface area contributed by atoms with E-state index in [-0.39, 0.29) is 58.3 Å². The van der Waals surface area contributed by atoms with E-state index in [1.54, 1.807) is 0 Å². The minimum atomic E-state index is -1.29. The molecule has 0 aromatic heterocycles. The molecule has 3 spiro atoms. The van der Waals surface area contributed by atoms with Gasteiger partial charge in [-0.1, -0.05) is 34.6 Å². The topological polar surface area (TPSA) is 144 Å². The molecule has 3 aliphatic heterocycles. The van der Waals surface area contributed by atoms with E-state index in [1.807, 2.05) is 13.8 Å². The SMILES string of the molecule is CC(=O)OC(C)(C)[C@@H]1O[C@@]23OC1CC(C)C2[C@@]1(C)CCC24CC25CC[C@H](O[C@H]2OC[C@H](O)[C@H](O)[C@H]2O)C(C)(C)C5CCC4[C@]1(C)[C@H]3O. The van der Waals surface area contributed by atoms with Gasteiger partial charge in [-0.3, -0.25) is 4.79 Å². The van der Waals surface area contributed by atoms with Gasteiger partial charge in [-0.05, 0) is 105 Å². The minimum absolute atomic E-state index is 0.0329. The van der Waals surface area contributed by atoms with E-state index >= 15 is 0 Å². The number of hydrogen-bond acceptors (Lipinski definition) is 10. The highest BCUT2D eigenvalue weighted by Crippen LogP contribution is 2.90. The molecule has 7 unspecified atom stereocenters. The average molecular weight is 663 g/mol. The largest absolute Gasteiger partial charge is 0.457 e. The van der Waals surface area contributed by atoms with Gasteiger partial charge in [-0.2, -0.15) is 0 Å². The fourth-order valence-corrected chi connectivity index (χ4v) is 14.4. The van der Waals surface area contributed by atoms with Crippen LogP contribution in [-0.2, 0) is 28.5 Å². The Hall–Kier alpha value is -0.850. The highest BCUT2D eigenvalue weighted by molar-refractivity contribution is 5.66. The van der Waals surface area contributed by atoms with Crippen molar-refractivity contribution >= 4 is 5.97 Å². The Morgan fingerprint density at radius 1 is 0.894 bits per heavy atom. The van der Waals surface area contributed by atoms with Gasteiger partial charge >= 0.3 is 5.97 Å². The molecule has 2 bridgehead atoms. The molecule has 17 atom stereocenters. The number of carbonyl (C=O) groups is 1. The number of hydrogen-bond donors (Lipinski definition) is 4. The summed E-state index contributed by atoms with van der Waals surface area (Å²) in [4.78, 5) is 12.1. The van der Waals surface area contributed by atoms with Crippen molar-refractivity contribution < 1.29 is 48.9 Å². The van der Waals surface area contributed by atoms with Gasteiger partial charge in [0.05, 0.1) is 18.8 Å². The molecule has 5 aliphatic carbocycles. The molecule has 8 rings (SSSR count). The van der Waals surface area contributed by atoms with Crippen molar-refractivity contribution in [3.63, 3.8) is 0 Å². The lowest BCUT2D eigenvalue weighted by molar-refractivity contribution is -0.303. The van der Waals surface area contributed by atoms with Crippen LogP contribution in [0.1, 0.15) is 107 Å². The van der Waals surface area contributed by atoms with Crippen molar-refractivity contribution in [2.75, 3.05) is 6.61 Å². The molecule has 5 saturated carbocycles. The van der Waals surface area contributed by atoms with Crippen LogP contribution in [0.25, 0.3) is 0 Å². The predicted molar refractivity (Wildman–Crippen MR) is 168 cm³/mol. The van der Waals surface area contributed by atoms with Crippen molar-refractivity contribution in [1.29, 1.82) is 0 Å². The smallest absolute Gasteiger partial charge is 0.303 e. The van der Waals surface area contributed by atoms with E-state index in [1.165, 1.54) is 6.92 Å². The summed E-state index contributed by atoms with van der Waals surface area (Å²) < 4.78 is 31.9. The second-order valence-corrected chi connectivity index (χ2v) is 18.8. The summed E-state index contributed by atoms with van der Waals surface area (Å²) >= 11 is 0. The van der Waals surface area contributed by atoms with Gasteiger partial charge in [0.2, 0.25) is 0 Å². The third kappa shape index (κ3) is 3.88. The molecular weight excluding hydrogens is 604 g/mol. The lowest BCUT2D eigenvalue weighted by Crippen LogP contribution is -2.61. The molecule has 0 aromatic rings. The summed E-state index contributed by atoms with van der Waals surface area (Å²) in [5, 5.41) is 43.7. The zero-order valence-corrected chi connectivity index (χ0v) is 29.5. The Morgan fingerprint density at radius 2 is 1.57 bits per heavy atom. The highest BCUT2D eigenvalue weighted by Gasteiger charge is 2.88. The molecule has 0 amide bonds. The van der Waals surface area contributed by atoms with Crippen molar-refractivity contribution in [1.82, 2.24) is 0 Å². The Balaban J connectivity index is 1.09. The van der Waals surface area contributed by atoms with Crippen molar-refractivity contribution in [3.8, 4) is 0 Å². The third-order valence-corrected chi connectivity index (χ3v) is 16.3. The molecule has 8 aliphatic rings. The maximum atomic E-state index is 12.8. The Bertz CT molecular complexity index is 1320. The Labute approximate surface area is 279 Å². The van der Waals surface area contributed by atoms with Crippen molar-refractivity contribution in [3.05, 3.63) is 0 Å². The predicted octanol–water partition coefficient (Wildman–Crippen LogP) is 3.69. The van der Waals surface area contributed by atoms with Gasteiger partial charge in [-0.25, -0.2) is 0 Å². The first kappa shape index (κ1) is 33.3. The molecule has 8 fully saturated rings. The number of aliphatic hydroxyl groups excluding tert-OH is 4. The summed E-state index contributed by atoms with van der Waals surface area (Å²) in [5.41, 5.74) is -1.36. The van der Waals surface area contributed by atoms with Gasteiger partial charge < -0.3 is 44.1 Å². The highest BCUT2D eigenvalue weighted by atomic mass is 16.8. The summed E-state index contributed by atoms with van der Waals surface area (Å²) in [6, 6.07) is 0. The van der Waals surface area contributed by atoms with Crippen LogP contribution in [0.2, 0.25) is 0 Å². The quantitative estimate of drug-likeness (QED) is 0.260. The average Bonchev–Trinajstić information content (AvgIpc) is 3.49. The number of ether oxygens (including phenoxy) is 5. The zero-order chi connectivity index (χ0) is 33.9. The van der Waals surface area contributed by atoms with Crippen LogP contribution in [0.15, 0.2) is 0 Å². The summed E-state index contributed by atoms with van der Waals surface area (Å²) in [5.74, 6) is -0.402. The maximum absolute atomic E-state index is 12.8. The van der Waals surface area contributed by atoms with E-state index in [2.05, 4.69) is 34.6 Å². The number of carbonyl (C=O) groups excluding carboxylic acids is 1. The number of aliphatic hydroxyl groups is 4. The molecule has 10 nitrogen and oxygen atoms in total. The number of rotatable bonds is 4. The standard InChI is InChI=1S/C37H58O10/c1-18-15-21-28(32(5,6)45-19(2)38)47-37(46-21)27(18)33(7)13-14-36-17-35(36)12-11-24(44-29-26(41)25(40)20(39)16-43-29)31(3,4)22(35)9-10-23(36)34(33,8)30(37)42/h18,20-30,39-42H,9-17H2,1-8H3/t18?,20-,21?,22?,23?,24-,25-,26+,27?,28+,29+,30+,33+,34+,35?,36?,37-/m0/s1. The number of esters is 1. The molecule has 4 N–H and O–H groups in total. The van der Waals surface area contributed by atoms with Gasteiger partial charge in [0.15, 0.2) is 12.1 Å². The molecule has 3 saturated heterocycles. The van der Waals surface area contributed by atoms with Crippen LogP contribution in [0.3, 0.4) is 0 Å². The molecule has 3 heterocycles. The van der Waals surface area contributed by atoms with E-state index in [9.17, 15) is 25.2 Å². The van der Waals surface area contributed by atoms with Crippen LogP contribution in [0.4, 0.5) is 0 Å². The Kier molecular flexibility index (Phi) is 7.03. The van der Waals surface area contributed by atoms with Gasteiger partial charge in [0.1, 0.15) is 36.1 Å². The van der Waals surface area contributed by atoms with Crippen molar-refractivity contribution in [2.45, 2.75) is 167 Å². The monoisotopic (exact) mass is 662 g/mol. The van der Waals surface area contributed by atoms with E-state index in [4.69, 9.17) is 23.7 Å². The van der Waals surface area contributed by atoms with Gasteiger partial charge in [-0.15, -0.1) is 0 Å². The first-order chi connectivity index (χ1) is 21.8. The lowest BCUT2D eigenvalue weighted by Gasteiger charge is -2.63. The summed E-state index contributed by atoms with van der Waals surface area (Å²) in [6.07, 6.45) is 1.72. The van der Waals surface area contributed by atoms with Crippen LogP contribution >= 0.6 is 0 Å². The van der Waals surface area contributed by atoms with Crippen LogP contribution in [-0.4, -0.2) is 93.4 Å². The first-order valence-corrected chi connectivity index (χ1v) is 18.4. The Morgan fingerprint density at radius 3 is 2.28 bits per heavy atom. The molecule has 47 heavy (non-hydrogen) atoms. The van der Waals surface area contributed by atoms with Crippen molar-refractivity contribution in [2.24, 2.45) is 50.7 Å². The molecule has 0 radical (unpaired) electrons. The fraction of sp³-hybridized carbons (Fsp3) is 0.973. The zero-order valence-electron chi connectivity index (χ0n) is 29.5. The minimum Gasteiger partial charge on any atom is -0.457 e.